The molecule has 0 aliphatic heterocycles. The Labute approximate surface area is 99.6 Å². The molecule has 1 amide bonds. The van der Waals surface area contributed by atoms with E-state index in [1.807, 2.05) is 18.2 Å². The fourth-order valence-corrected chi connectivity index (χ4v) is 1.99. The van der Waals surface area contributed by atoms with Crippen molar-refractivity contribution in [1.29, 1.82) is 0 Å². The SMILES string of the molecule is O=C1CC(C(=O)Nc2ccccc2)CCC1O. The number of aliphatic hydroxyl groups excluding tert-OH is 1. The Morgan fingerprint density at radius 2 is 1.94 bits per heavy atom. The van der Waals surface area contributed by atoms with Gasteiger partial charge in [-0.15, -0.1) is 0 Å². The van der Waals surface area contributed by atoms with Crippen LogP contribution in [0.1, 0.15) is 19.3 Å². The second-order valence-corrected chi connectivity index (χ2v) is 4.32. The van der Waals surface area contributed by atoms with Crippen molar-refractivity contribution in [1.82, 2.24) is 0 Å². The number of anilines is 1. The molecule has 1 saturated carbocycles. The first-order valence-corrected chi connectivity index (χ1v) is 5.73. The van der Waals surface area contributed by atoms with E-state index in [-0.39, 0.29) is 24.0 Å². The number of rotatable bonds is 2. The molecule has 1 aromatic rings. The predicted molar refractivity (Wildman–Crippen MR) is 63.4 cm³/mol. The Kier molecular flexibility index (Phi) is 3.54. The summed E-state index contributed by atoms with van der Waals surface area (Å²) in [7, 11) is 0. The first-order valence-electron chi connectivity index (χ1n) is 5.73. The number of carbonyl (C=O) groups is 2. The van der Waals surface area contributed by atoms with Gasteiger partial charge in [0.25, 0.3) is 0 Å². The topological polar surface area (TPSA) is 66.4 Å². The third kappa shape index (κ3) is 2.91. The quantitative estimate of drug-likeness (QED) is 0.810. The first kappa shape index (κ1) is 11.8. The molecule has 2 unspecified atom stereocenters. The largest absolute Gasteiger partial charge is 0.385 e. The lowest BCUT2D eigenvalue weighted by molar-refractivity contribution is -0.135. The molecule has 1 aliphatic rings. The maximum absolute atomic E-state index is 11.9. The molecule has 0 radical (unpaired) electrons. The van der Waals surface area contributed by atoms with Crippen molar-refractivity contribution in [2.24, 2.45) is 5.92 Å². The highest BCUT2D eigenvalue weighted by Crippen LogP contribution is 2.23. The highest BCUT2D eigenvalue weighted by molar-refractivity contribution is 5.96. The van der Waals surface area contributed by atoms with E-state index in [4.69, 9.17) is 0 Å². The molecule has 1 aromatic carbocycles. The van der Waals surface area contributed by atoms with Crippen molar-refractivity contribution >= 4 is 17.4 Å². The van der Waals surface area contributed by atoms with Crippen molar-refractivity contribution in [2.45, 2.75) is 25.4 Å². The van der Waals surface area contributed by atoms with Crippen molar-refractivity contribution in [3.63, 3.8) is 0 Å². The Morgan fingerprint density at radius 1 is 1.24 bits per heavy atom. The van der Waals surface area contributed by atoms with Crippen LogP contribution in [0.25, 0.3) is 0 Å². The zero-order valence-corrected chi connectivity index (χ0v) is 9.43. The van der Waals surface area contributed by atoms with Crippen molar-refractivity contribution in [2.75, 3.05) is 5.32 Å². The second-order valence-electron chi connectivity index (χ2n) is 4.32. The molecule has 2 N–H and O–H groups in total. The molecular weight excluding hydrogens is 218 g/mol. The standard InChI is InChI=1S/C13H15NO3/c15-11-7-6-9(8-12(11)16)13(17)14-10-4-2-1-3-5-10/h1-5,9,11,15H,6-8H2,(H,14,17). The predicted octanol–water partition coefficient (Wildman–Crippen LogP) is 1.36. The smallest absolute Gasteiger partial charge is 0.227 e. The van der Waals surface area contributed by atoms with Crippen LogP contribution < -0.4 is 5.32 Å². The van der Waals surface area contributed by atoms with Gasteiger partial charge in [-0.1, -0.05) is 18.2 Å². The monoisotopic (exact) mass is 233 g/mol. The zero-order chi connectivity index (χ0) is 12.3. The maximum atomic E-state index is 11.9. The molecule has 0 bridgehead atoms. The fraction of sp³-hybridized carbons (Fsp3) is 0.385. The summed E-state index contributed by atoms with van der Waals surface area (Å²) in [6.45, 7) is 0. The van der Waals surface area contributed by atoms with Crippen LogP contribution in [0.4, 0.5) is 5.69 Å². The molecule has 2 rings (SSSR count). The lowest BCUT2D eigenvalue weighted by Crippen LogP contribution is -2.35. The molecular formula is C13H15NO3. The van der Waals surface area contributed by atoms with E-state index in [9.17, 15) is 14.7 Å². The number of nitrogens with one attached hydrogen (secondary N) is 1. The molecule has 2 atom stereocenters. The van der Waals surface area contributed by atoms with E-state index in [2.05, 4.69) is 5.32 Å². The average molecular weight is 233 g/mol. The van der Waals surface area contributed by atoms with Gasteiger partial charge >= 0.3 is 0 Å². The molecule has 4 nitrogen and oxygen atoms in total. The maximum Gasteiger partial charge on any atom is 0.227 e. The van der Waals surface area contributed by atoms with E-state index in [1.54, 1.807) is 12.1 Å². The molecule has 1 aliphatic carbocycles. The Hall–Kier alpha value is -1.68. The van der Waals surface area contributed by atoms with Gasteiger partial charge in [-0.3, -0.25) is 9.59 Å². The summed E-state index contributed by atoms with van der Waals surface area (Å²) in [6.07, 6.45) is 0.202. The molecule has 4 heteroatoms. The van der Waals surface area contributed by atoms with Gasteiger partial charge in [0.1, 0.15) is 6.10 Å². The number of hydrogen-bond donors (Lipinski definition) is 2. The van der Waals surface area contributed by atoms with Crippen LogP contribution in [0, 0.1) is 5.92 Å². The first-order chi connectivity index (χ1) is 8.16. The van der Waals surface area contributed by atoms with Gasteiger partial charge < -0.3 is 10.4 Å². The highest BCUT2D eigenvalue weighted by atomic mass is 16.3. The van der Waals surface area contributed by atoms with Crippen LogP contribution in [0.5, 0.6) is 0 Å². The summed E-state index contributed by atoms with van der Waals surface area (Å²) in [5.41, 5.74) is 0.732. The van der Waals surface area contributed by atoms with Crippen LogP contribution >= 0.6 is 0 Å². The van der Waals surface area contributed by atoms with E-state index >= 15 is 0 Å². The molecule has 90 valence electrons. The number of amides is 1. The summed E-state index contributed by atoms with van der Waals surface area (Å²) >= 11 is 0. The number of para-hydroxylation sites is 1. The molecule has 0 heterocycles. The highest BCUT2D eigenvalue weighted by Gasteiger charge is 2.31. The summed E-state index contributed by atoms with van der Waals surface area (Å²) in [5.74, 6) is -0.688. The van der Waals surface area contributed by atoms with Gasteiger partial charge in [-0.25, -0.2) is 0 Å². The number of aliphatic hydroxyl groups is 1. The average Bonchev–Trinajstić information content (AvgIpc) is 2.34. The molecule has 0 saturated heterocycles. The zero-order valence-electron chi connectivity index (χ0n) is 9.43. The van der Waals surface area contributed by atoms with Gasteiger partial charge in [0.2, 0.25) is 5.91 Å². The summed E-state index contributed by atoms with van der Waals surface area (Å²) < 4.78 is 0. The fourth-order valence-electron chi connectivity index (χ4n) is 1.99. The van der Waals surface area contributed by atoms with Gasteiger partial charge in [0.05, 0.1) is 0 Å². The Bertz CT molecular complexity index is 416. The summed E-state index contributed by atoms with van der Waals surface area (Å²) in [6, 6.07) is 9.15. The molecule has 0 aromatic heterocycles. The van der Waals surface area contributed by atoms with Crippen LogP contribution in [0.15, 0.2) is 30.3 Å². The molecule has 0 spiro atoms. The third-order valence-corrected chi connectivity index (χ3v) is 3.02. The second kappa shape index (κ2) is 5.10. The van der Waals surface area contributed by atoms with Crippen LogP contribution in [-0.2, 0) is 9.59 Å². The lowest BCUT2D eigenvalue weighted by Gasteiger charge is -2.23. The molecule has 17 heavy (non-hydrogen) atoms. The number of carbonyl (C=O) groups excluding carboxylic acids is 2. The minimum atomic E-state index is -0.879. The van der Waals surface area contributed by atoms with E-state index < -0.39 is 6.10 Å². The van der Waals surface area contributed by atoms with Crippen molar-refractivity contribution < 1.29 is 14.7 Å². The van der Waals surface area contributed by atoms with Crippen LogP contribution in [-0.4, -0.2) is 22.9 Å². The van der Waals surface area contributed by atoms with Crippen LogP contribution in [0.3, 0.4) is 0 Å². The Balaban J connectivity index is 1.95. The number of Topliss-reactive ketones (excluding diaryl/α,β-unsaturated/α-hetero) is 1. The van der Waals surface area contributed by atoms with Gasteiger partial charge in [-0.05, 0) is 25.0 Å². The van der Waals surface area contributed by atoms with E-state index in [0.29, 0.717) is 12.8 Å². The summed E-state index contributed by atoms with van der Waals surface area (Å²) in [5, 5.41) is 12.1. The Morgan fingerprint density at radius 3 is 2.59 bits per heavy atom. The van der Waals surface area contributed by atoms with Crippen molar-refractivity contribution in [3.05, 3.63) is 30.3 Å². The number of hydrogen-bond acceptors (Lipinski definition) is 3. The van der Waals surface area contributed by atoms with Crippen LogP contribution in [0.2, 0.25) is 0 Å². The minimum absolute atomic E-state index is 0.139. The van der Waals surface area contributed by atoms with Gasteiger partial charge in [0, 0.05) is 18.0 Å². The normalized spacial score (nSPS) is 24.4. The number of ketones is 1. The minimum Gasteiger partial charge on any atom is -0.385 e. The van der Waals surface area contributed by atoms with Gasteiger partial charge in [-0.2, -0.15) is 0 Å². The van der Waals surface area contributed by atoms with Gasteiger partial charge in [0.15, 0.2) is 5.78 Å². The third-order valence-electron chi connectivity index (χ3n) is 3.02. The number of benzene rings is 1. The van der Waals surface area contributed by atoms with Crippen molar-refractivity contribution in [3.8, 4) is 0 Å². The van der Waals surface area contributed by atoms with E-state index in [1.165, 1.54) is 0 Å². The summed E-state index contributed by atoms with van der Waals surface area (Å²) in [4.78, 5) is 23.2. The molecule has 1 fully saturated rings. The lowest BCUT2D eigenvalue weighted by atomic mass is 9.86. The van der Waals surface area contributed by atoms with E-state index in [0.717, 1.165) is 5.69 Å².